The first-order chi connectivity index (χ1) is 7.10. The average Bonchev–Trinajstić information content (AvgIpc) is 2.27. The van der Waals surface area contributed by atoms with Crippen LogP contribution in [0.2, 0.25) is 0 Å². The van der Waals surface area contributed by atoms with Gasteiger partial charge in [-0.25, -0.2) is 9.59 Å². The maximum absolute atomic E-state index is 11.1. The van der Waals surface area contributed by atoms with Gasteiger partial charge in [-0.3, -0.25) is 0 Å². The highest BCUT2D eigenvalue weighted by molar-refractivity contribution is 5.92. The Morgan fingerprint density at radius 1 is 1.27 bits per heavy atom. The minimum absolute atomic E-state index is 0.116. The zero-order valence-electron chi connectivity index (χ0n) is 8.22. The summed E-state index contributed by atoms with van der Waals surface area (Å²) in [5.74, 6) is -1.43. The first-order valence-electron chi connectivity index (χ1n) is 4.00. The molecule has 0 spiro atoms. The summed E-state index contributed by atoms with van der Waals surface area (Å²) in [7, 11) is 2.35. The molecule has 6 heteroatoms. The van der Waals surface area contributed by atoms with Crippen molar-refractivity contribution in [1.82, 2.24) is 0 Å². The van der Waals surface area contributed by atoms with Crippen molar-refractivity contribution in [2.75, 3.05) is 14.2 Å². The van der Waals surface area contributed by atoms with Gasteiger partial charge in [0.05, 0.1) is 19.8 Å². The Bertz CT molecular complexity index is 401. The van der Waals surface area contributed by atoms with E-state index in [0.717, 1.165) is 19.4 Å². The topological polar surface area (TPSA) is 79.5 Å². The van der Waals surface area contributed by atoms with Crippen LogP contribution in [0.5, 0.6) is 0 Å². The summed E-state index contributed by atoms with van der Waals surface area (Å²) in [6, 6.07) is 2.37. The fraction of sp³-hybridized carbons (Fsp3) is 0.222. The summed E-state index contributed by atoms with van der Waals surface area (Å²) in [6.45, 7) is 0. The molecular weight excluding hydrogens is 202 g/mol. The predicted octanol–water partition coefficient (Wildman–Crippen LogP) is -0.107. The van der Waals surface area contributed by atoms with Gasteiger partial charge in [0.25, 0.3) is 0 Å². The third kappa shape index (κ3) is 2.22. The molecule has 1 aromatic heterocycles. The molecule has 0 unspecified atom stereocenters. The molecule has 0 saturated heterocycles. The van der Waals surface area contributed by atoms with Gasteiger partial charge in [-0.2, -0.15) is 4.73 Å². The van der Waals surface area contributed by atoms with Gasteiger partial charge in [-0.05, 0) is 0 Å². The summed E-state index contributed by atoms with van der Waals surface area (Å²) in [5.41, 5.74) is -0.148. The molecule has 0 aliphatic heterocycles. The zero-order chi connectivity index (χ0) is 11.4. The minimum atomic E-state index is -0.809. The van der Waals surface area contributed by atoms with Crippen molar-refractivity contribution in [3.05, 3.63) is 34.8 Å². The van der Waals surface area contributed by atoms with Gasteiger partial charge in [0.15, 0.2) is 6.20 Å². The molecule has 0 atom stereocenters. The van der Waals surface area contributed by atoms with Crippen LogP contribution in [0, 0.1) is 5.21 Å². The van der Waals surface area contributed by atoms with E-state index in [4.69, 9.17) is 0 Å². The van der Waals surface area contributed by atoms with Crippen molar-refractivity contribution >= 4 is 11.9 Å². The van der Waals surface area contributed by atoms with Crippen LogP contribution in [0.15, 0.2) is 18.3 Å². The summed E-state index contributed by atoms with van der Waals surface area (Å²) < 4.78 is 9.13. The molecule has 0 fully saturated rings. The minimum Gasteiger partial charge on any atom is -0.618 e. The van der Waals surface area contributed by atoms with Crippen molar-refractivity contribution in [3.63, 3.8) is 0 Å². The van der Waals surface area contributed by atoms with Gasteiger partial charge >= 0.3 is 17.6 Å². The second-order valence-corrected chi connectivity index (χ2v) is 2.61. The van der Waals surface area contributed by atoms with Crippen molar-refractivity contribution < 1.29 is 23.8 Å². The molecule has 1 aromatic rings. The number of carbonyl (C=O) groups excluding carboxylic acids is 2. The van der Waals surface area contributed by atoms with E-state index in [1.165, 1.54) is 13.2 Å². The Labute approximate surface area is 85.6 Å². The average molecular weight is 211 g/mol. The molecular formula is C9H9NO5. The highest BCUT2D eigenvalue weighted by atomic mass is 16.5. The molecule has 0 amide bonds. The number of hydrogen-bond donors (Lipinski definition) is 0. The SMILES string of the molecule is COC(=O)c1cc[n+]([O-])c(C(=O)OC)c1. The van der Waals surface area contributed by atoms with E-state index < -0.39 is 11.9 Å². The normalized spacial score (nSPS) is 9.47. The Kier molecular flexibility index (Phi) is 3.22. The van der Waals surface area contributed by atoms with Crippen LogP contribution in [0.3, 0.4) is 0 Å². The fourth-order valence-electron chi connectivity index (χ4n) is 0.986. The maximum Gasteiger partial charge on any atom is 0.404 e. The molecule has 6 nitrogen and oxygen atoms in total. The van der Waals surface area contributed by atoms with Crippen LogP contribution in [0.4, 0.5) is 0 Å². The highest BCUT2D eigenvalue weighted by Crippen LogP contribution is 2.03. The molecule has 80 valence electrons. The third-order valence-electron chi connectivity index (χ3n) is 1.73. The Balaban J connectivity index is 3.16. The van der Waals surface area contributed by atoms with Crippen LogP contribution >= 0.6 is 0 Å². The van der Waals surface area contributed by atoms with Crippen LogP contribution in [0.25, 0.3) is 0 Å². The van der Waals surface area contributed by atoms with E-state index in [2.05, 4.69) is 9.47 Å². The maximum atomic E-state index is 11.1. The number of methoxy groups -OCH3 is 2. The molecule has 0 saturated carbocycles. The van der Waals surface area contributed by atoms with Crippen LogP contribution in [0.1, 0.15) is 20.8 Å². The lowest BCUT2D eigenvalue weighted by Gasteiger charge is -2.03. The number of aromatic nitrogens is 1. The van der Waals surface area contributed by atoms with Gasteiger partial charge in [-0.1, -0.05) is 0 Å². The highest BCUT2D eigenvalue weighted by Gasteiger charge is 2.19. The van der Waals surface area contributed by atoms with Crippen molar-refractivity contribution in [2.45, 2.75) is 0 Å². The van der Waals surface area contributed by atoms with Crippen LogP contribution in [-0.2, 0) is 9.47 Å². The monoisotopic (exact) mass is 211 g/mol. The summed E-state index contributed by atoms with van der Waals surface area (Å²) in [4.78, 5) is 22.2. The molecule has 0 N–H and O–H groups in total. The van der Waals surface area contributed by atoms with E-state index >= 15 is 0 Å². The van der Waals surface area contributed by atoms with Crippen LogP contribution < -0.4 is 4.73 Å². The second kappa shape index (κ2) is 4.41. The molecule has 0 bridgehead atoms. The number of nitrogens with zero attached hydrogens (tertiary/aromatic N) is 1. The number of hydrogen-bond acceptors (Lipinski definition) is 5. The molecule has 0 aromatic carbocycles. The number of carbonyl (C=O) groups is 2. The zero-order valence-corrected chi connectivity index (χ0v) is 8.22. The molecule has 1 heterocycles. The molecule has 0 aliphatic carbocycles. The van der Waals surface area contributed by atoms with E-state index in [1.807, 2.05) is 0 Å². The first-order valence-corrected chi connectivity index (χ1v) is 4.00. The smallest absolute Gasteiger partial charge is 0.404 e. The lowest BCUT2D eigenvalue weighted by atomic mass is 10.2. The Hall–Kier alpha value is -2.11. The second-order valence-electron chi connectivity index (χ2n) is 2.61. The fourth-order valence-corrected chi connectivity index (χ4v) is 0.986. The lowest BCUT2D eigenvalue weighted by molar-refractivity contribution is -0.608. The number of pyridine rings is 1. The quantitative estimate of drug-likeness (QED) is 0.387. The largest absolute Gasteiger partial charge is 0.618 e. The van der Waals surface area contributed by atoms with E-state index in [-0.39, 0.29) is 11.3 Å². The van der Waals surface area contributed by atoms with Gasteiger partial charge < -0.3 is 14.7 Å². The molecule has 15 heavy (non-hydrogen) atoms. The van der Waals surface area contributed by atoms with Gasteiger partial charge in [-0.15, -0.1) is 0 Å². The third-order valence-corrected chi connectivity index (χ3v) is 1.73. The van der Waals surface area contributed by atoms with Gasteiger partial charge in [0, 0.05) is 12.1 Å². The van der Waals surface area contributed by atoms with E-state index in [0.29, 0.717) is 4.73 Å². The number of ether oxygens (including phenoxy) is 2. The lowest BCUT2D eigenvalue weighted by Crippen LogP contribution is -2.35. The molecule has 1 rings (SSSR count). The summed E-state index contributed by atoms with van der Waals surface area (Å²) >= 11 is 0. The van der Waals surface area contributed by atoms with Gasteiger partial charge in [0.1, 0.15) is 0 Å². The Morgan fingerprint density at radius 3 is 2.40 bits per heavy atom. The van der Waals surface area contributed by atoms with Crippen molar-refractivity contribution in [3.8, 4) is 0 Å². The van der Waals surface area contributed by atoms with Gasteiger partial charge in [0.2, 0.25) is 0 Å². The van der Waals surface area contributed by atoms with E-state index in [1.54, 1.807) is 0 Å². The first kappa shape index (κ1) is 11.0. The summed E-state index contributed by atoms with van der Waals surface area (Å²) in [5, 5.41) is 11.1. The number of esters is 2. The standard InChI is InChI=1S/C9H9NO5/c1-14-8(11)6-3-4-10(13)7(5-6)9(12)15-2/h3-5H,1-2H3. The Morgan fingerprint density at radius 2 is 1.87 bits per heavy atom. The molecule has 0 radical (unpaired) electrons. The van der Waals surface area contributed by atoms with Crippen molar-refractivity contribution in [2.24, 2.45) is 0 Å². The van der Waals surface area contributed by atoms with Crippen LogP contribution in [-0.4, -0.2) is 26.2 Å². The number of rotatable bonds is 2. The van der Waals surface area contributed by atoms with Crippen molar-refractivity contribution in [1.29, 1.82) is 0 Å². The predicted molar refractivity (Wildman–Crippen MR) is 48.1 cm³/mol. The summed E-state index contributed by atoms with van der Waals surface area (Å²) in [6.07, 6.45) is 1.04. The van der Waals surface area contributed by atoms with E-state index in [9.17, 15) is 14.8 Å². The molecule has 0 aliphatic rings.